The number of ether oxygens (including phenoxy) is 1. The van der Waals surface area contributed by atoms with Gasteiger partial charge in [-0.1, -0.05) is 71.2 Å². The fourth-order valence-electron chi connectivity index (χ4n) is 2.44. The lowest BCUT2D eigenvalue weighted by Crippen LogP contribution is -2.03. The summed E-state index contributed by atoms with van der Waals surface area (Å²) in [6.07, 6.45) is 0. The van der Waals surface area contributed by atoms with Crippen molar-refractivity contribution < 1.29 is 4.74 Å². The molecule has 0 spiro atoms. The molecule has 0 aromatic heterocycles. The number of hydrogen-bond acceptors (Lipinski definition) is 2. The minimum atomic E-state index is 0.538. The Balaban J connectivity index is 1.65. The first-order valence-electron chi connectivity index (χ1n) is 8.07. The van der Waals surface area contributed by atoms with E-state index in [0.717, 1.165) is 22.6 Å². The molecule has 4 heteroatoms. The van der Waals surface area contributed by atoms with Gasteiger partial charge in [-0.25, -0.2) is 0 Å². The highest BCUT2D eigenvalue weighted by Crippen LogP contribution is 2.26. The number of halogens is 2. The van der Waals surface area contributed by atoms with Crippen LogP contribution in [0.4, 0.5) is 5.69 Å². The highest BCUT2D eigenvalue weighted by molar-refractivity contribution is 6.42. The third kappa shape index (κ3) is 4.91. The maximum absolute atomic E-state index is 6.06. The Labute approximate surface area is 158 Å². The standard InChI is InChI=1S/C21H19Cl2NO/c1-15-6-8-16(9-7-15)14-25-21-5-3-2-4-17(21)13-24-18-10-11-19(22)20(23)12-18/h2-12,24H,13-14H2,1H3. The Bertz CT molecular complexity index is 847. The van der Waals surface area contributed by atoms with Gasteiger partial charge in [0.15, 0.2) is 0 Å². The van der Waals surface area contributed by atoms with Gasteiger partial charge in [0.05, 0.1) is 10.0 Å². The Morgan fingerprint density at radius 3 is 2.40 bits per heavy atom. The smallest absolute Gasteiger partial charge is 0.124 e. The van der Waals surface area contributed by atoms with Crippen LogP contribution < -0.4 is 10.1 Å². The maximum atomic E-state index is 6.06. The van der Waals surface area contributed by atoms with Crippen LogP contribution in [-0.2, 0) is 13.2 Å². The van der Waals surface area contributed by atoms with Crippen LogP contribution in [0.15, 0.2) is 66.7 Å². The molecule has 3 aromatic rings. The first kappa shape index (κ1) is 17.7. The van der Waals surface area contributed by atoms with Gasteiger partial charge in [-0.15, -0.1) is 0 Å². The van der Waals surface area contributed by atoms with Crippen LogP contribution in [0.2, 0.25) is 10.0 Å². The monoisotopic (exact) mass is 371 g/mol. The second-order valence-electron chi connectivity index (χ2n) is 5.86. The number of anilines is 1. The largest absolute Gasteiger partial charge is 0.489 e. The Morgan fingerprint density at radius 2 is 1.64 bits per heavy atom. The van der Waals surface area contributed by atoms with Crippen molar-refractivity contribution >= 4 is 28.9 Å². The first-order valence-corrected chi connectivity index (χ1v) is 8.82. The van der Waals surface area contributed by atoms with Gasteiger partial charge >= 0.3 is 0 Å². The molecule has 0 amide bonds. The van der Waals surface area contributed by atoms with Crippen LogP contribution in [0.3, 0.4) is 0 Å². The van der Waals surface area contributed by atoms with Gasteiger partial charge in [-0.3, -0.25) is 0 Å². The van der Waals surface area contributed by atoms with Crippen LogP contribution >= 0.6 is 23.2 Å². The summed E-state index contributed by atoms with van der Waals surface area (Å²) in [6, 6.07) is 21.9. The molecule has 128 valence electrons. The molecule has 0 radical (unpaired) electrons. The Hall–Kier alpha value is -2.16. The fourth-order valence-corrected chi connectivity index (χ4v) is 2.74. The second kappa shape index (κ2) is 8.28. The summed E-state index contributed by atoms with van der Waals surface area (Å²) in [5.41, 5.74) is 4.40. The van der Waals surface area contributed by atoms with E-state index in [1.165, 1.54) is 5.56 Å². The van der Waals surface area contributed by atoms with Gasteiger partial charge in [0.2, 0.25) is 0 Å². The molecular formula is C21H19Cl2NO. The third-order valence-electron chi connectivity index (χ3n) is 3.89. The molecule has 1 N–H and O–H groups in total. The minimum absolute atomic E-state index is 0.538. The summed E-state index contributed by atoms with van der Waals surface area (Å²) >= 11 is 12.0. The van der Waals surface area contributed by atoms with E-state index in [9.17, 15) is 0 Å². The van der Waals surface area contributed by atoms with Crippen molar-refractivity contribution in [1.29, 1.82) is 0 Å². The highest BCUT2D eigenvalue weighted by Gasteiger charge is 2.05. The third-order valence-corrected chi connectivity index (χ3v) is 4.63. The van der Waals surface area contributed by atoms with E-state index >= 15 is 0 Å². The lowest BCUT2D eigenvalue weighted by molar-refractivity contribution is 0.303. The number of para-hydroxylation sites is 1. The number of hydrogen-bond donors (Lipinski definition) is 1. The van der Waals surface area contributed by atoms with Crippen molar-refractivity contribution in [2.75, 3.05) is 5.32 Å². The average molecular weight is 372 g/mol. The van der Waals surface area contributed by atoms with Gasteiger partial charge < -0.3 is 10.1 Å². The topological polar surface area (TPSA) is 21.3 Å². The molecule has 0 unspecified atom stereocenters. The summed E-state index contributed by atoms with van der Waals surface area (Å²) in [6.45, 7) is 3.26. The van der Waals surface area contributed by atoms with Crippen LogP contribution in [0.25, 0.3) is 0 Å². The summed E-state index contributed by atoms with van der Waals surface area (Å²) in [5.74, 6) is 0.871. The van der Waals surface area contributed by atoms with Gasteiger partial charge in [0.25, 0.3) is 0 Å². The van der Waals surface area contributed by atoms with Crippen molar-refractivity contribution in [3.05, 3.63) is 93.5 Å². The number of aryl methyl sites for hydroxylation is 1. The zero-order chi connectivity index (χ0) is 17.6. The number of rotatable bonds is 6. The van der Waals surface area contributed by atoms with Crippen LogP contribution in [0.5, 0.6) is 5.75 Å². The van der Waals surface area contributed by atoms with Gasteiger partial charge in [0, 0.05) is 17.8 Å². The van der Waals surface area contributed by atoms with E-state index in [4.69, 9.17) is 27.9 Å². The van der Waals surface area contributed by atoms with E-state index in [0.29, 0.717) is 23.2 Å². The molecular weight excluding hydrogens is 353 g/mol. The van der Waals surface area contributed by atoms with E-state index in [-0.39, 0.29) is 0 Å². The van der Waals surface area contributed by atoms with Crippen molar-refractivity contribution in [2.24, 2.45) is 0 Å². The molecule has 0 atom stereocenters. The van der Waals surface area contributed by atoms with Gasteiger partial charge in [-0.2, -0.15) is 0 Å². The fraction of sp³-hybridized carbons (Fsp3) is 0.143. The van der Waals surface area contributed by atoms with E-state index in [2.05, 4.69) is 42.6 Å². The molecule has 0 saturated heterocycles. The highest BCUT2D eigenvalue weighted by atomic mass is 35.5. The summed E-state index contributed by atoms with van der Waals surface area (Å²) in [7, 11) is 0. The van der Waals surface area contributed by atoms with Crippen LogP contribution in [0, 0.1) is 6.92 Å². The molecule has 0 heterocycles. The Kier molecular flexibility index (Phi) is 5.85. The SMILES string of the molecule is Cc1ccc(COc2ccccc2CNc2ccc(Cl)c(Cl)c2)cc1. The van der Waals surface area contributed by atoms with E-state index in [1.54, 1.807) is 6.07 Å². The summed E-state index contributed by atoms with van der Waals surface area (Å²) < 4.78 is 6.01. The van der Waals surface area contributed by atoms with E-state index < -0.39 is 0 Å². The van der Waals surface area contributed by atoms with Crippen LogP contribution in [-0.4, -0.2) is 0 Å². The predicted molar refractivity (Wildman–Crippen MR) is 106 cm³/mol. The first-order chi connectivity index (χ1) is 12.1. The molecule has 0 bridgehead atoms. The lowest BCUT2D eigenvalue weighted by Gasteiger charge is -2.13. The average Bonchev–Trinajstić information content (AvgIpc) is 2.63. The zero-order valence-corrected chi connectivity index (χ0v) is 15.4. The summed E-state index contributed by atoms with van der Waals surface area (Å²) in [5, 5.41) is 4.44. The molecule has 0 aliphatic heterocycles. The quantitative estimate of drug-likeness (QED) is 0.534. The van der Waals surface area contributed by atoms with Crippen molar-refractivity contribution in [3.63, 3.8) is 0 Å². The normalized spacial score (nSPS) is 10.5. The number of nitrogens with one attached hydrogen (secondary N) is 1. The Morgan fingerprint density at radius 1 is 0.880 bits per heavy atom. The van der Waals surface area contributed by atoms with Crippen molar-refractivity contribution in [1.82, 2.24) is 0 Å². The van der Waals surface area contributed by atoms with Gasteiger partial charge in [-0.05, 0) is 36.8 Å². The molecule has 0 saturated carbocycles. The number of benzene rings is 3. The van der Waals surface area contributed by atoms with Crippen molar-refractivity contribution in [3.8, 4) is 5.75 Å². The summed E-state index contributed by atoms with van der Waals surface area (Å²) in [4.78, 5) is 0. The van der Waals surface area contributed by atoms with Gasteiger partial charge in [0.1, 0.15) is 12.4 Å². The molecule has 0 aliphatic rings. The second-order valence-corrected chi connectivity index (χ2v) is 6.68. The van der Waals surface area contributed by atoms with E-state index in [1.807, 2.05) is 30.3 Å². The predicted octanol–water partition coefficient (Wildman–Crippen LogP) is 6.49. The molecule has 0 fully saturated rings. The van der Waals surface area contributed by atoms with Crippen LogP contribution in [0.1, 0.15) is 16.7 Å². The molecule has 0 aliphatic carbocycles. The zero-order valence-electron chi connectivity index (χ0n) is 13.9. The molecule has 3 aromatic carbocycles. The molecule has 3 rings (SSSR count). The lowest BCUT2D eigenvalue weighted by atomic mass is 10.1. The maximum Gasteiger partial charge on any atom is 0.124 e. The van der Waals surface area contributed by atoms with Crippen molar-refractivity contribution in [2.45, 2.75) is 20.1 Å². The molecule has 25 heavy (non-hydrogen) atoms. The molecule has 2 nitrogen and oxygen atoms in total. The minimum Gasteiger partial charge on any atom is -0.489 e.